The zero-order chi connectivity index (χ0) is 15.7. The van der Waals surface area contributed by atoms with Crippen LogP contribution < -0.4 is 0 Å². The summed E-state index contributed by atoms with van der Waals surface area (Å²) < 4.78 is 0. The highest BCUT2D eigenvalue weighted by molar-refractivity contribution is 7.99. The average Bonchev–Trinajstić information content (AvgIpc) is 2.79. The van der Waals surface area contributed by atoms with Crippen molar-refractivity contribution in [3.63, 3.8) is 0 Å². The quantitative estimate of drug-likeness (QED) is 0.451. The third-order valence-electron chi connectivity index (χ3n) is 3.47. The number of nitrogens with zero attached hydrogens (tertiary/aromatic N) is 2. The van der Waals surface area contributed by atoms with E-state index in [1.54, 1.807) is 0 Å². The number of benzene rings is 1. The fourth-order valence-corrected chi connectivity index (χ4v) is 3.42. The molecule has 22 heavy (non-hydrogen) atoms. The molecule has 112 valence electrons. The first kappa shape index (κ1) is 14.8. The molecule has 3 rings (SSSR count). The molecule has 0 amide bonds. The van der Waals surface area contributed by atoms with Crippen molar-refractivity contribution in [2.24, 2.45) is 0 Å². The molecule has 0 atom stereocenters. The van der Waals surface area contributed by atoms with E-state index in [2.05, 4.69) is 15.0 Å². The molecule has 0 saturated heterocycles. The largest absolute Gasteiger partial charge is 0.358 e. The molecule has 0 aliphatic heterocycles. The topological polar surface area (TPSA) is 58.6 Å². The van der Waals surface area contributed by atoms with Crippen LogP contribution in [0, 0.1) is 20.8 Å². The number of aromatic amines is 1. The van der Waals surface area contributed by atoms with Crippen LogP contribution in [0.25, 0.3) is 10.9 Å². The molecule has 3 aromatic rings. The monoisotopic (exact) mass is 311 g/mol. The minimum absolute atomic E-state index is 0.0997. The van der Waals surface area contributed by atoms with Gasteiger partial charge in [0.05, 0.1) is 5.75 Å². The molecule has 0 aliphatic carbocycles. The van der Waals surface area contributed by atoms with Crippen molar-refractivity contribution in [2.75, 3.05) is 5.75 Å². The number of carbonyl (C=O) groups is 1. The van der Waals surface area contributed by atoms with Gasteiger partial charge in [0.2, 0.25) is 0 Å². The number of aromatic nitrogens is 3. The molecule has 5 heteroatoms. The predicted octanol–water partition coefficient (Wildman–Crippen LogP) is 3.86. The Kier molecular flexibility index (Phi) is 3.98. The second-order valence-electron chi connectivity index (χ2n) is 5.32. The normalized spacial score (nSPS) is 11.0. The van der Waals surface area contributed by atoms with Crippen molar-refractivity contribution in [1.82, 2.24) is 15.0 Å². The van der Waals surface area contributed by atoms with E-state index in [1.807, 2.05) is 51.1 Å². The van der Waals surface area contributed by atoms with E-state index < -0.39 is 0 Å². The number of thioether (sulfide) groups is 1. The Labute approximate surface area is 133 Å². The highest BCUT2D eigenvalue weighted by atomic mass is 32.2. The number of fused-ring (bicyclic) bond motifs is 1. The van der Waals surface area contributed by atoms with Gasteiger partial charge in [0.1, 0.15) is 0 Å². The number of nitrogens with one attached hydrogen (secondary N) is 1. The Hall–Kier alpha value is -2.14. The van der Waals surface area contributed by atoms with E-state index in [0.717, 1.165) is 33.5 Å². The highest BCUT2D eigenvalue weighted by Gasteiger charge is 2.16. The van der Waals surface area contributed by atoms with Gasteiger partial charge in [0.15, 0.2) is 10.9 Å². The van der Waals surface area contributed by atoms with Crippen LogP contribution in [-0.2, 0) is 0 Å². The van der Waals surface area contributed by atoms with Gasteiger partial charge in [-0.05, 0) is 32.9 Å². The van der Waals surface area contributed by atoms with Gasteiger partial charge in [-0.1, -0.05) is 30.0 Å². The first-order chi connectivity index (χ1) is 10.5. The lowest BCUT2D eigenvalue weighted by Crippen LogP contribution is -2.05. The number of aryl methyl sites for hydroxylation is 3. The summed E-state index contributed by atoms with van der Waals surface area (Å²) in [6, 6.07) is 9.80. The lowest BCUT2D eigenvalue weighted by atomic mass is 10.1. The van der Waals surface area contributed by atoms with Gasteiger partial charge in [0, 0.05) is 33.5 Å². The van der Waals surface area contributed by atoms with Gasteiger partial charge >= 0.3 is 0 Å². The van der Waals surface area contributed by atoms with Crippen LogP contribution in [0.1, 0.15) is 27.4 Å². The number of hydrogen-bond donors (Lipinski definition) is 1. The van der Waals surface area contributed by atoms with Crippen LogP contribution in [0.15, 0.2) is 35.5 Å². The van der Waals surface area contributed by atoms with Crippen molar-refractivity contribution in [3.05, 3.63) is 53.0 Å². The van der Waals surface area contributed by atoms with Crippen LogP contribution in [-0.4, -0.2) is 26.5 Å². The summed E-state index contributed by atoms with van der Waals surface area (Å²) in [5.74, 6) is 0.439. The maximum absolute atomic E-state index is 12.6. The van der Waals surface area contributed by atoms with Crippen LogP contribution in [0.4, 0.5) is 0 Å². The summed E-state index contributed by atoms with van der Waals surface area (Å²) in [4.78, 5) is 24.6. The molecule has 0 aliphatic rings. The summed E-state index contributed by atoms with van der Waals surface area (Å²) in [6.45, 7) is 5.81. The molecule has 0 spiro atoms. The second kappa shape index (κ2) is 5.93. The number of Topliss-reactive ketones (excluding diaryl/α,β-unsaturated/α-hetero) is 1. The fraction of sp³-hybridized carbons (Fsp3) is 0.235. The first-order valence-corrected chi connectivity index (χ1v) is 8.09. The third-order valence-corrected chi connectivity index (χ3v) is 4.31. The van der Waals surface area contributed by atoms with Gasteiger partial charge in [0.25, 0.3) is 0 Å². The minimum Gasteiger partial charge on any atom is -0.358 e. The molecule has 0 unspecified atom stereocenters. The van der Waals surface area contributed by atoms with E-state index in [4.69, 9.17) is 0 Å². The number of ketones is 1. The highest BCUT2D eigenvalue weighted by Crippen LogP contribution is 2.24. The van der Waals surface area contributed by atoms with E-state index in [0.29, 0.717) is 10.9 Å². The van der Waals surface area contributed by atoms with Crippen molar-refractivity contribution < 1.29 is 4.79 Å². The maximum Gasteiger partial charge on any atom is 0.188 e. The minimum atomic E-state index is 0.0997. The van der Waals surface area contributed by atoms with Crippen LogP contribution in [0.2, 0.25) is 0 Å². The lowest BCUT2D eigenvalue weighted by Gasteiger charge is -2.03. The molecule has 1 N–H and O–H groups in total. The van der Waals surface area contributed by atoms with Gasteiger partial charge in [-0.2, -0.15) is 0 Å². The van der Waals surface area contributed by atoms with E-state index in [9.17, 15) is 4.79 Å². The van der Waals surface area contributed by atoms with E-state index in [1.165, 1.54) is 11.8 Å². The second-order valence-corrected chi connectivity index (χ2v) is 6.26. The first-order valence-electron chi connectivity index (χ1n) is 7.10. The number of carbonyl (C=O) groups excluding carboxylic acids is 1. The van der Waals surface area contributed by atoms with Crippen LogP contribution >= 0.6 is 11.8 Å². The fourth-order valence-electron chi connectivity index (χ4n) is 2.60. The Bertz CT molecular complexity index is 834. The summed E-state index contributed by atoms with van der Waals surface area (Å²) in [5.41, 5.74) is 4.52. The van der Waals surface area contributed by atoms with Crippen LogP contribution in [0.3, 0.4) is 0 Å². The maximum atomic E-state index is 12.6. The third kappa shape index (κ3) is 2.90. The van der Waals surface area contributed by atoms with Gasteiger partial charge < -0.3 is 4.98 Å². The molecule has 1 aromatic carbocycles. The Morgan fingerprint density at radius 1 is 1.14 bits per heavy atom. The summed E-state index contributed by atoms with van der Waals surface area (Å²) in [7, 11) is 0. The number of rotatable bonds is 4. The van der Waals surface area contributed by atoms with Crippen molar-refractivity contribution in [1.29, 1.82) is 0 Å². The zero-order valence-corrected chi connectivity index (χ0v) is 13.6. The zero-order valence-electron chi connectivity index (χ0n) is 12.8. The SMILES string of the molecule is Cc1cc(C)nc(SCC(=O)c2c(C)[nH]c3ccccc23)n1. The average molecular weight is 311 g/mol. The number of hydrogen-bond acceptors (Lipinski definition) is 4. The van der Waals surface area contributed by atoms with E-state index >= 15 is 0 Å². The Morgan fingerprint density at radius 3 is 2.55 bits per heavy atom. The van der Waals surface area contributed by atoms with Crippen molar-refractivity contribution >= 4 is 28.4 Å². The van der Waals surface area contributed by atoms with Gasteiger partial charge in [-0.3, -0.25) is 4.79 Å². The molecule has 0 radical (unpaired) electrons. The molecule has 4 nitrogen and oxygen atoms in total. The Balaban J connectivity index is 1.83. The summed E-state index contributed by atoms with van der Waals surface area (Å²) in [6.07, 6.45) is 0. The molecular formula is C17H17N3OS. The molecule has 0 bridgehead atoms. The molecule has 2 heterocycles. The standard InChI is InChI=1S/C17H17N3OS/c1-10-8-11(2)19-17(18-10)22-9-15(21)16-12(3)20-14-7-5-4-6-13(14)16/h4-8,20H,9H2,1-3H3. The van der Waals surface area contributed by atoms with Gasteiger partial charge in [-0.15, -0.1) is 0 Å². The van der Waals surface area contributed by atoms with Crippen molar-refractivity contribution in [3.8, 4) is 0 Å². The predicted molar refractivity (Wildman–Crippen MR) is 89.6 cm³/mol. The van der Waals surface area contributed by atoms with E-state index in [-0.39, 0.29) is 5.78 Å². The van der Waals surface area contributed by atoms with Crippen LogP contribution in [0.5, 0.6) is 0 Å². The Morgan fingerprint density at radius 2 is 1.82 bits per heavy atom. The number of H-pyrrole nitrogens is 1. The molecule has 0 fully saturated rings. The molecule has 0 saturated carbocycles. The summed E-state index contributed by atoms with van der Waals surface area (Å²) in [5, 5.41) is 1.63. The van der Waals surface area contributed by atoms with Crippen molar-refractivity contribution in [2.45, 2.75) is 25.9 Å². The lowest BCUT2D eigenvalue weighted by molar-refractivity contribution is 0.102. The smallest absolute Gasteiger partial charge is 0.188 e. The van der Waals surface area contributed by atoms with Gasteiger partial charge in [-0.25, -0.2) is 9.97 Å². The molecular weight excluding hydrogens is 294 g/mol. The molecule has 2 aromatic heterocycles. The number of para-hydroxylation sites is 1. The summed E-state index contributed by atoms with van der Waals surface area (Å²) >= 11 is 1.39.